The smallest absolute Gasteiger partial charge is 0.348 e. The highest BCUT2D eigenvalue weighted by atomic mass is 35.5. The maximum atomic E-state index is 12.2. The van der Waals surface area contributed by atoms with E-state index in [2.05, 4.69) is 15.3 Å². The van der Waals surface area contributed by atoms with E-state index in [0.29, 0.717) is 43.7 Å². The van der Waals surface area contributed by atoms with Crippen molar-refractivity contribution < 1.29 is 9.53 Å². The van der Waals surface area contributed by atoms with Crippen LogP contribution in [-0.4, -0.2) is 22.5 Å². The number of hydrogen-bond acceptors (Lipinski definition) is 6. The molecule has 1 aromatic carbocycles. The number of thiophene rings is 1. The maximum Gasteiger partial charge on any atom is 0.348 e. The molecule has 0 atom stereocenters. The Morgan fingerprint density at radius 3 is 2.76 bits per heavy atom. The summed E-state index contributed by atoms with van der Waals surface area (Å²) in [6.45, 7) is 5.75. The van der Waals surface area contributed by atoms with Crippen LogP contribution in [0.1, 0.15) is 28.0 Å². The number of ether oxygens (including phenoxy) is 1. The monoisotopic (exact) mass is 395 g/mol. The highest BCUT2D eigenvalue weighted by Crippen LogP contribution is 2.37. The zero-order valence-electron chi connectivity index (χ0n) is 13.8. The Bertz CT molecular complexity index is 972. The number of anilines is 2. The number of carbonyl (C=O) groups excluding carboxylic acids is 1. The summed E-state index contributed by atoms with van der Waals surface area (Å²) in [5.41, 5.74) is 1.41. The molecule has 130 valence electrons. The average molecular weight is 396 g/mol. The zero-order valence-corrected chi connectivity index (χ0v) is 16.1. The molecule has 8 heteroatoms. The molecule has 0 amide bonds. The summed E-state index contributed by atoms with van der Waals surface area (Å²) < 4.78 is 5.13. The molecule has 3 rings (SSSR count). The van der Waals surface area contributed by atoms with E-state index in [9.17, 15) is 4.79 Å². The number of rotatable bonds is 4. The number of hydrogen-bond donors (Lipinski definition) is 1. The van der Waals surface area contributed by atoms with E-state index < -0.39 is 0 Å². The Morgan fingerprint density at radius 1 is 1.28 bits per heavy atom. The van der Waals surface area contributed by atoms with Crippen LogP contribution in [0, 0.1) is 13.8 Å². The molecule has 25 heavy (non-hydrogen) atoms. The minimum atomic E-state index is -0.354. The second kappa shape index (κ2) is 7.15. The van der Waals surface area contributed by atoms with Crippen molar-refractivity contribution in [1.29, 1.82) is 0 Å². The normalized spacial score (nSPS) is 10.9. The van der Waals surface area contributed by atoms with Crippen molar-refractivity contribution in [3.63, 3.8) is 0 Å². The van der Waals surface area contributed by atoms with Crippen LogP contribution >= 0.6 is 34.5 Å². The molecule has 0 spiro atoms. The van der Waals surface area contributed by atoms with Crippen LogP contribution in [0.5, 0.6) is 0 Å². The lowest BCUT2D eigenvalue weighted by atomic mass is 10.2. The van der Waals surface area contributed by atoms with Gasteiger partial charge in [0, 0.05) is 5.02 Å². The largest absolute Gasteiger partial charge is 0.462 e. The third-order valence-electron chi connectivity index (χ3n) is 3.54. The Balaban J connectivity index is 2.14. The van der Waals surface area contributed by atoms with E-state index in [1.54, 1.807) is 32.0 Å². The van der Waals surface area contributed by atoms with E-state index in [0.717, 1.165) is 10.9 Å². The van der Waals surface area contributed by atoms with Crippen LogP contribution in [-0.2, 0) is 4.74 Å². The number of benzene rings is 1. The van der Waals surface area contributed by atoms with E-state index >= 15 is 0 Å². The van der Waals surface area contributed by atoms with Gasteiger partial charge in [0.05, 0.1) is 22.7 Å². The predicted octanol–water partition coefficient (Wildman–Crippen LogP) is 5.54. The number of nitrogens with one attached hydrogen (secondary N) is 1. The highest BCUT2D eigenvalue weighted by Gasteiger charge is 2.21. The summed E-state index contributed by atoms with van der Waals surface area (Å²) in [4.78, 5) is 22.3. The van der Waals surface area contributed by atoms with Crippen LogP contribution in [0.3, 0.4) is 0 Å². The first-order valence-electron chi connectivity index (χ1n) is 7.57. The van der Waals surface area contributed by atoms with E-state index in [1.165, 1.54) is 11.3 Å². The van der Waals surface area contributed by atoms with Crippen LogP contribution in [0.15, 0.2) is 18.2 Å². The standard InChI is InChI=1S/C17H15Cl2N3O2S/c1-4-24-17(23)14-8(2)13-15(20-9(3)21-16(13)25-14)22-12-7-10(18)5-6-11(12)19/h5-7H,4H2,1-3H3,(H,20,21,22). The fourth-order valence-corrected chi connectivity index (χ4v) is 3.91. The fraction of sp³-hybridized carbons (Fsp3) is 0.235. The minimum Gasteiger partial charge on any atom is -0.462 e. The number of aryl methyl sites for hydroxylation is 2. The first kappa shape index (κ1) is 17.9. The van der Waals surface area contributed by atoms with Gasteiger partial charge in [0.1, 0.15) is 21.3 Å². The number of esters is 1. The molecule has 0 radical (unpaired) electrons. The SMILES string of the molecule is CCOC(=O)c1sc2nc(C)nc(Nc3cc(Cl)ccc3Cl)c2c1C. The van der Waals surface area contributed by atoms with Crippen LogP contribution < -0.4 is 5.32 Å². The molecule has 0 bridgehead atoms. The second-order valence-corrected chi connectivity index (χ2v) is 7.17. The Hall–Kier alpha value is -1.89. The van der Waals surface area contributed by atoms with Gasteiger partial charge in [-0.15, -0.1) is 11.3 Å². The van der Waals surface area contributed by atoms with E-state index in [4.69, 9.17) is 27.9 Å². The molecule has 1 N–H and O–H groups in total. The molecule has 0 saturated carbocycles. The van der Waals surface area contributed by atoms with Gasteiger partial charge in [-0.25, -0.2) is 14.8 Å². The Labute approximate surface area is 159 Å². The van der Waals surface area contributed by atoms with Gasteiger partial charge < -0.3 is 10.1 Å². The molecule has 0 fully saturated rings. The predicted molar refractivity (Wildman–Crippen MR) is 103 cm³/mol. The van der Waals surface area contributed by atoms with E-state index in [1.807, 2.05) is 6.92 Å². The lowest BCUT2D eigenvalue weighted by molar-refractivity contribution is 0.0531. The summed E-state index contributed by atoms with van der Waals surface area (Å²) >= 11 is 13.6. The summed E-state index contributed by atoms with van der Waals surface area (Å²) in [6.07, 6.45) is 0. The van der Waals surface area contributed by atoms with Crippen molar-refractivity contribution in [3.05, 3.63) is 44.5 Å². The third kappa shape index (κ3) is 3.56. The van der Waals surface area contributed by atoms with Gasteiger partial charge >= 0.3 is 5.97 Å². The fourth-order valence-electron chi connectivity index (χ4n) is 2.45. The van der Waals surface area contributed by atoms with Crippen molar-refractivity contribution in [2.24, 2.45) is 0 Å². The highest BCUT2D eigenvalue weighted by molar-refractivity contribution is 7.20. The minimum absolute atomic E-state index is 0.320. The van der Waals surface area contributed by atoms with Gasteiger partial charge in [0.15, 0.2) is 0 Å². The summed E-state index contributed by atoms with van der Waals surface area (Å²) in [5, 5.41) is 5.06. The molecule has 2 heterocycles. The van der Waals surface area contributed by atoms with Crippen molar-refractivity contribution in [3.8, 4) is 0 Å². The first-order valence-corrected chi connectivity index (χ1v) is 9.15. The number of nitrogens with zero attached hydrogens (tertiary/aromatic N) is 2. The van der Waals surface area contributed by atoms with Crippen molar-refractivity contribution in [1.82, 2.24) is 9.97 Å². The van der Waals surface area contributed by atoms with Gasteiger partial charge in [-0.2, -0.15) is 0 Å². The first-order chi connectivity index (χ1) is 11.9. The van der Waals surface area contributed by atoms with Gasteiger partial charge in [-0.3, -0.25) is 0 Å². The van der Waals surface area contributed by atoms with Crippen LogP contribution in [0.2, 0.25) is 10.0 Å². The molecule has 0 aliphatic rings. The maximum absolute atomic E-state index is 12.2. The second-order valence-electron chi connectivity index (χ2n) is 5.33. The number of carbonyl (C=O) groups is 1. The van der Waals surface area contributed by atoms with Gasteiger partial charge in [-0.05, 0) is 44.5 Å². The number of fused-ring (bicyclic) bond motifs is 1. The zero-order chi connectivity index (χ0) is 18.1. The molecule has 0 aliphatic carbocycles. The molecule has 0 aliphatic heterocycles. The van der Waals surface area contributed by atoms with Crippen molar-refractivity contribution in [2.45, 2.75) is 20.8 Å². The van der Waals surface area contributed by atoms with Crippen LogP contribution in [0.4, 0.5) is 11.5 Å². The molecule has 0 unspecified atom stereocenters. The molecule has 2 aromatic heterocycles. The van der Waals surface area contributed by atoms with Crippen molar-refractivity contribution >= 4 is 62.2 Å². The van der Waals surface area contributed by atoms with Gasteiger partial charge in [0.25, 0.3) is 0 Å². The lowest BCUT2D eigenvalue weighted by Gasteiger charge is -2.10. The van der Waals surface area contributed by atoms with Crippen LogP contribution in [0.25, 0.3) is 10.2 Å². The lowest BCUT2D eigenvalue weighted by Crippen LogP contribution is -2.04. The molecule has 0 saturated heterocycles. The summed E-state index contributed by atoms with van der Waals surface area (Å²) in [5.74, 6) is 0.813. The molecular formula is C17H15Cl2N3O2S. The molecule has 3 aromatic rings. The Morgan fingerprint density at radius 2 is 2.04 bits per heavy atom. The van der Waals surface area contributed by atoms with Gasteiger partial charge in [-0.1, -0.05) is 23.2 Å². The third-order valence-corrected chi connectivity index (χ3v) is 5.27. The number of halogens is 2. The average Bonchev–Trinajstić information content (AvgIpc) is 2.88. The van der Waals surface area contributed by atoms with E-state index in [-0.39, 0.29) is 5.97 Å². The molecule has 5 nitrogen and oxygen atoms in total. The Kier molecular flexibility index (Phi) is 5.13. The topological polar surface area (TPSA) is 64.1 Å². The summed E-state index contributed by atoms with van der Waals surface area (Å²) in [7, 11) is 0. The summed E-state index contributed by atoms with van der Waals surface area (Å²) in [6, 6.07) is 5.15. The molecular weight excluding hydrogens is 381 g/mol. The van der Waals surface area contributed by atoms with Crippen molar-refractivity contribution in [2.75, 3.05) is 11.9 Å². The quantitative estimate of drug-likeness (QED) is 0.587. The van der Waals surface area contributed by atoms with Gasteiger partial charge in [0.2, 0.25) is 0 Å². The number of aromatic nitrogens is 2.